The number of anilines is 1. The highest BCUT2D eigenvalue weighted by molar-refractivity contribution is 5.95. The number of esters is 1. The zero-order chi connectivity index (χ0) is 16.3. The molecule has 2 rings (SSSR count). The molecule has 0 aromatic heterocycles. The number of amides is 1. The van der Waals surface area contributed by atoms with Crippen LogP contribution in [0.25, 0.3) is 0 Å². The normalized spacial score (nSPS) is 20.9. The van der Waals surface area contributed by atoms with Gasteiger partial charge in [0.15, 0.2) is 6.10 Å². The van der Waals surface area contributed by atoms with Gasteiger partial charge in [-0.15, -0.1) is 0 Å². The summed E-state index contributed by atoms with van der Waals surface area (Å²) in [6.07, 6.45) is 0.171. The van der Waals surface area contributed by atoms with E-state index in [1.165, 1.54) is 0 Å². The van der Waals surface area contributed by atoms with Crippen LogP contribution in [0.1, 0.15) is 37.6 Å². The van der Waals surface area contributed by atoms with E-state index in [1.54, 1.807) is 24.3 Å². The van der Waals surface area contributed by atoms with Crippen molar-refractivity contribution in [2.75, 3.05) is 5.32 Å². The first kappa shape index (κ1) is 16.0. The lowest BCUT2D eigenvalue weighted by molar-refractivity contribution is -0.117. The molecular formula is C17H20N2O3. The highest BCUT2D eigenvalue weighted by Gasteiger charge is 2.39. The molecule has 1 N–H and O–H groups in total. The summed E-state index contributed by atoms with van der Waals surface area (Å²) in [7, 11) is 0. The molecule has 1 aromatic carbocycles. The van der Waals surface area contributed by atoms with Crippen LogP contribution in [0, 0.1) is 29.1 Å². The second-order valence-electron chi connectivity index (χ2n) is 6.09. The van der Waals surface area contributed by atoms with Gasteiger partial charge in [-0.05, 0) is 36.6 Å². The third-order valence-corrected chi connectivity index (χ3v) is 3.80. The van der Waals surface area contributed by atoms with E-state index in [1.807, 2.05) is 26.8 Å². The van der Waals surface area contributed by atoms with E-state index >= 15 is 0 Å². The van der Waals surface area contributed by atoms with Crippen molar-refractivity contribution >= 4 is 17.6 Å². The molecule has 0 heterocycles. The van der Waals surface area contributed by atoms with E-state index in [0.29, 0.717) is 17.2 Å². The van der Waals surface area contributed by atoms with Crippen molar-refractivity contribution in [1.29, 1.82) is 5.26 Å². The van der Waals surface area contributed by atoms with Crippen molar-refractivity contribution in [1.82, 2.24) is 0 Å². The summed E-state index contributed by atoms with van der Waals surface area (Å²) in [6.45, 7) is 5.68. The SMILES string of the molecule is CC(C)[C@H](C#N)OC(=O)c1ccc(NC(=O)[C@H]2C[C@@H]2C)cc1. The zero-order valence-electron chi connectivity index (χ0n) is 13.0. The monoisotopic (exact) mass is 300 g/mol. The molecule has 116 valence electrons. The van der Waals surface area contributed by atoms with Gasteiger partial charge < -0.3 is 10.1 Å². The maximum atomic E-state index is 12.0. The highest BCUT2D eigenvalue weighted by Crippen LogP contribution is 2.38. The molecule has 22 heavy (non-hydrogen) atoms. The number of rotatable bonds is 5. The predicted octanol–water partition coefficient (Wildman–Crippen LogP) is 2.99. The first-order valence-corrected chi connectivity index (χ1v) is 7.44. The number of benzene rings is 1. The van der Waals surface area contributed by atoms with Crippen molar-refractivity contribution in [3.63, 3.8) is 0 Å². The number of carbonyl (C=O) groups excluding carboxylic acids is 2. The van der Waals surface area contributed by atoms with Gasteiger partial charge in [0, 0.05) is 17.5 Å². The summed E-state index contributed by atoms with van der Waals surface area (Å²) in [5, 5.41) is 11.8. The Kier molecular flexibility index (Phi) is 4.81. The third-order valence-electron chi connectivity index (χ3n) is 3.80. The number of carbonyl (C=O) groups is 2. The standard InChI is InChI=1S/C17H20N2O3/c1-10(2)15(9-18)22-17(21)12-4-6-13(7-5-12)19-16(20)14-8-11(14)3/h4-7,10-11,14-15H,8H2,1-3H3,(H,19,20)/t11-,14-,15-/m0/s1. The van der Waals surface area contributed by atoms with Crippen LogP contribution in [-0.2, 0) is 9.53 Å². The molecule has 1 fully saturated rings. The lowest BCUT2D eigenvalue weighted by atomic mass is 10.1. The fourth-order valence-corrected chi connectivity index (χ4v) is 2.11. The van der Waals surface area contributed by atoms with Gasteiger partial charge in [-0.1, -0.05) is 20.8 Å². The summed E-state index contributed by atoms with van der Waals surface area (Å²) < 4.78 is 5.14. The number of nitrogens with zero attached hydrogens (tertiary/aromatic N) is 1. The Hall–Kier alpha value is -2.35. The minimum Gasteiger partial charge on any atom is -0.443 e. The van der Waals surface area contributed by atoms with Crippen molar-refractivity contribution in [2.45, 2.75) is 33.3 Å². The van der Waals surface area contributed by atoms with Gasteiger partial charge in [0.25, 0.3) is 0 Å². The third kappa shape index (κ3) is 3.85. The maximum Gasteiger partial charge on any atom is 0.339 e. The van der Waals surface area contributed by atoms with Gasteiger partial charge in [-0.25, -0.2) is 4.79 Å². The fourth-order valence-electron chi connectivity index (χ4n) is 2.11. The Morgan fingerprint density at radius 1 is 1.32 bits per heavy atom. The van der Waals surface area contributed by atoms with Crippen LogP contribution in [0.2, 0.25) is 0 Å². The number of hydrogen-bond acceptors (Lipinski definition) is 4. The average molecular weight is 300 g/mol. The van der Waals surface area contributed by atoms with E-state index in [-0.39, 0.29) is 17.7 Å². The van der Waals surface area contributed by atoms with E-state index in [0.717, 1.165) is 6.42 Å². The molecule has 1 aliphatic rings. The maximum absolute atomic E-state index is 12.0. The highest BCUT2D eigenvalue weighted by atomic mass is 16.5. The zero-order valence-corrected chi connectivity index (χ0v) is 13.0. The van der Waals surface area contributed by atoms with Gasteiger partial charge in [0.05, 0.1) is 5.56 Å². The van der Waals surface area contributed by atoms with E-state index in [9.17, 15) is 9.59 Å². The van der Waals surface area contributed by atoms with Crippen molar-refractivity contribution in [3.8, 4) is 6.07 Å². The summed E-state index contributed by atoms with van der Waals surface area (Å²) in [5.41, 5.74) is 1.01. The molecular weight excluding hydrogens is 280 g/mol. The second kappa shape index (κ2) is 6.61. The first-order valence-electron chi connectivity index (χ1n) is 7.44. The Labute approximate surface area is 130 Å². The molecule has 3 atom stereocenters. The first-order chi connectivity index (χ1) is 10.4. The van der Waals surface area contributed by atoms with Crippen molar-refractivity contribution < 1.29 is 14.3 Å². The fraction of sp³-hybridized carbons (Fsp3) is 0.471. The molecule has 1 saturated carbocycles. The van der Waals surface area contributed by atoms with Crippen molar-refractivity contribution in [2.24, 2.45) is 17.8 Å². The number of ether oxygens (including phenoxy) is 1. The Morgan fingerprint density at radius 2 is 1.91 bits per heavy atom. The van der Waals surface area contributed by atoms with Gasteiger partial charge in [-0.3, -0.25) is 4.79 Å². The number of nitrogens with one attached hydrogen (secondary N) is 1. The Balaban J connectivity index is 1.95. The van der Waals surface area contributed by atoms with Crippen LogP contribution in [0.5, 0.6) is 0 Å². The van der Waals surface area contributed by atoms with Gasteiger partial charge in [-0.2, -0.15) is 5.26 Å². The summed E-state index contributed by atoms with van der Waals surface area (Å²) in [5.74, 6) is -0.0190. The molecule has 0 saturated heterocycles. The molecule has 5 nitrogen and oxygen atoms in total. The summed E-state index contributed by atoms with van der Waals surface area (Å²) >= 11 is 0. The molecule has 0 bridgehead atoms. The van der Waals surface area contributed by atoms with Crippen LogP contribution in [0.3, 0.4) is 0 Å². The Morgan fingerprint density at radius 3 is 2.36 bits per heavy atom. The summed E-state index contributed by atoms with van der Waals surface area (Å²) in [4.78, 5) is 23.8. The minimum atomic E-state index is -0.761. The van der Waals surface area contributed by atoms with Crippen LogP contribution in [0.4, 0.5) is 5.69 Å². The smallest absolute Gasteiger partial charge is 0.339 e. The molecule has 0 aliphatic heterocycles. The average Bonchev–Trinajstić information content (AvgIpc) is 3.22. The van der Waals surface area contributed by atoms with Crippen molar-refractivity contribution in [3.05, 3.63) is 29.8 Å². The molecule has 1 aromatic rings. The molecule has 1 amide bonds. The molecule has 0 spiro atoms. The predicted molar refractivity (Wildman–Crippen MR) is 82.0 cm³/mol. The summed E-state index contributed by atoms with van der Waals surface area (Å²) in [6, 6.07) is 8.47. The molecule has 1 aliphatic carbocycles. The van der Waals surface area contributed by atoms with E-state index in [4.69, 9.17) is 10.00 Å². The quantitative estimate of drug-likeness (QED) is 0.848. The van der Waals surface area contributed by atoms with E-state index < -0.39 is 12.1 Å². The van der Waals surface area contributed by atoms with Gasteiger partial charge >= 0.3 is 5.97 Å². The minimum absolute atomic E-state index is 0.0205. The molecule has 0 radical (unpaired) electrons. The molecule has 5 heteroatoms. The number of hydrogen-bond donors (Lipinski definition) is 1. The number of nitriles is 1. The molecule has 0 unspecified atom stereocenters. The van der Waals surface area contributed by atoms with Crippen LogP contribution < -0.4 is 5.32 Å². The van der Waals surface area contributed by atoms with Crippen LogP contribution in [-0.4, -0.2) is 18.0 Å². The van der Waals surface area contributed by atoms with Crippen LogP contribution in [0.15, 0.2) is 24.3 Å². The van der Waals surface area contributed by atoms with Gasteiger partial charge in [0.2, 0.25) is 5.91 Å². The topological polar surface area (TPSA) is 79.2 Å². The van der Waals surface area contributed by atoms with E-state index in [2.05, 4.69) is 5.32 Å². The second-order valence-corrected chi connectivity index (χ2v) is 6.09. The largest absolute Gasteiger partial charge is 0.443 e. The van der Waals surface area contributed by atoms with Gasteiger partial charge in [0.1, 0.15) is 6.07 Å². The lowest BCUT2D eigenvalue weighted by Gasteiger charge is -2.14. The lowest BCUT2D eigenvalue weighted by Crippen LogP contribution is -2.22. The Bertz CT molecular complexity index is 601. The van der Waals surface area contributed by atoms with Crippen LogP contribution >= 0.6 is 0 Å².